The summed E-state index contributed by atoms with van der Waals surface area (Å²) in [5.74, 6) is -0.153. The number of piperidine rings is 1. The number of likely N-dealkylation sites (tertiary alicyclic amines) is 1. The van der Waals surface area contributed by atoms with Crippen LogP contribution in [0.2, 0.25) is 0 Å². The highest BCUT2D eigenvalue weighted by Crippen LogP contribution is 2.24. The summed E-state index contributed by atoms with van der Waals surface area (Å²) < 4.78 is 28.3. The van der Waals surface area contributed by atoms with E-state index in [9.17, 15) is 13.2 Å². The molecule has 0 aromatic heterocycles. The van der Waals surface area contributed by atoms with E-state index in [2.05, 4.69) is 0 Å². The zero-order valence-corrected chi connectivity index (χ0v) is 13.4. The lowest BCUT2D eigenvalue weighted by atomic mass is 10.1. The van der Waals surface area contributed by atoms with Crippen molar-refractivity contribution in [3.05, 3.63) is 29.3 Å². The molecule has 0 spiro atoms. The normalized spacial score (nSPS) is 16.0. The molecule has 0 unspecified atom stereocenters. The van der Waals surface area contributed by atoms with Crippen LogP contribution in [-0.4, -0.2) is 39.4 Å². The molecule has 0 aliphatic carbocycles. The second-order valence-corrected chi connectivity index (χ2v) is 7.58. The lowest BCUT2D eigenvalue weighted by Crippen LogP contribution is -2.35. The minimum atomic E-state index is -3.92. The van der Waals surface area contributed by atoms with Gasteiger partial charge < -0.3 is 9.64 Å². The van der Waals surface area contributed by atoms with E-state index in [1.807, 2.05) is 0 Å². The number of nitrogens with zero attached hydrogens (tertiary/aromatic N) is 1. The molecule has 1 fully saturated rings. The van der Waals surface area contributed by atoms with E-state index in [0.717, 1.165) is 19.3 Å². The number of hydrogen-bond acceptors (Lipinski definition) is 4. The van der Waals surface area contributed by atoms with Crippen molar-refractivity contribution >= 4 is 25.6 Å². The number of rotatable bonds is 4. The van der Waals surface area contributed by atoms with Crippen molar-refractivity contribution in [3.63, 3.8) is 0 Å². The van der Waals surface area contributed by atoms with E-state index in [-0.39, 0.29) is 17.4 Å². The van der Waals surface area contributed by atoms with E-state index >= 15 is 0 Å². The first-order valence-corrected chi connectivity index (χ1v) is 9.10. The third-order valence-corrected chi connectivity index (χ3v) is 4.92. The van der Waals surface area contributed by atoms with E-state index < -0.39 is 9.05 Å². The molecule has 1 amide bonds. The molecule has 1 aliphatic heterocycles. The predicted molar refractivity (Wildman–Crippen MR) is 79.9 cm³/mol. The quantitative estimate of drug-likeness (QED) is 0.795. The number of carbonyl (C=O) groups excluding carboxylic acids is 1. The summed E-state index contributed by atoms with van der Waals surface area (Å²) in [6.45, 7) is 1.54. The van der Waals surface area contributed by atoms with Crippen molar-refractivity contribution in [2.75, 3.05) is 20.2 Å². The maximum atomic E-state index is 12.4. The van der Waals surface area contributed by atoms with Gasteiger partial charge in [0.05, 0.1) is 11.5 Å². The molecule has 1 heterocycles. The van der Waals surface area contributed by atoms with Gasteiger partial charge >= 0.3 is 0 Å². The van der Waals surface area contributed by atoms with Crippen LogP contribution < -0.4 is 0 Å². The number of halogens is 1. The van der Waals surface area contributed by atoms with Crippen LogP contribution in [0.3, 0.4) is 0 Å². The summed E-state index contributed by atoms with van der Waals surface area (Å²) >= 11 is 0. The molecule has 116 valence electrons. The van der Waals surface area contributed by atoms with Crippen LogP contribution in [0.1, 0.15) is 35.2 Å². The molecule has 2 rings (SSSR count). The van der Waals surface area contributed by atoms with Crippen LogP contribution in [0.15, 0.2) is 23.1 Å². The van der Waals surface area contributed by atoms with Crippen LogP contribution in [0.5, 0.6) is 0 Å². The number of ether oxygens (including phenoxy) is 1. The zero-order chi connectivity index (χ0) is 15.5. The van der Waals surface area contributed by atoms with Crippen molar-refractivity contribution in [1.82, 2.24) is 4.90 Å². The minimum Gasteiger partial charge on any atom is -0.380 e. The molecular formula is C14H18ClNO4S. The number of amides is 1. The summed E-state index contributed by atoms with van der Waals surface area (Å²) in [7, 11) is 3.00. The van der Waals surface area contributed by atoms with Gasteiger partial charge in [0, 0.05) is 36.4 Å². The lowest BCUT2D eigenvalue weighted by Gasteiger charge is -2.27. The fourth-order valence-electron chi connectivity index (χ4n) is 2.47. The van der Waals surface area contributed by atoms with Crippen LogP contribution in [0.4, 0.5) is 0 Å². The molecule has 1 aromatic carbocycles. The minimum absolute atomic E-state index is 0.0612. The maximum Gasteiger partial charge on any atom is 0.261 e. The van der Waals surface area contributed by atoms with E-state index in [0.29, 0.717) is 24.2 Å². The monoisotopic (exact) mass is 331 g/mol. The highest BCUT2D eigenvalue weighted by molar-refractivity contribution is 8.13. The summed E-state index contributed by atoms with van der Waals surface area (Å²) in [4.78, 5) is 14.1. The number of benzene rings is 1. The standard InChI is InChI=1S/C14H18ClNO4S/c1-20-10-12-6-5-11(9-13(12)21(15,18)19)14(17)16-7-3-2-4-8-16/h5-6,9H,2-4,7-8,10H2,1H3. The Kier molecular flexibility index (Phi) is 5.24. The Morgan fingerprint density at radius 3 is 2.52 bits per heavy atom. The number of methoxy groups -OCH3 is 1. The van der Waals surface area contributed by atoms with Crippen molar-refractivity contribution in [1.29, 1.82) is 0 Å². The van der Waals surface area contributed by atoms with E-state index in [1.165, 1.54) is 13.2 Å². The second kappa shape index (κ2) is 6.77. The van der Waals surface area contributed by atoms with Gasteiger partial charge in [-0.2, -0.15) is 0 Å². The summed E-state index contributed by atoms with van der Waals surface area (Å²) in [5.41, 5.74) is 0.790. The highest BCUT2D eigenvalue weighted by Gasteiger charge is 2.22. The van der Waals surface area contributed by atoms with Crippen molar-refractivity contribution in [3.8, 4) is 0 Å². The first-order valence-electron chi connectivity index (χ1n) is 6.79. The molecular weight excluding hydrogens is 314 g/mol. The van der Waals surface area contributed by atoms with Gasteiger partial charge in [-0.3, -0.25) is 4.79 Å². The molecule has 0 N–H and O–H groups in total. The third-order valence-electron chi connectivity index (χ3n) is 3.52. The van der Waals surface area contributed by atoms with Gasteiger partial charge in [-0.05, 0) is 37.0 Å². The number of hydrogen-bond donors (Lipinski definition) is 0. The Morgan fingerprint density at radius 1 is 1.29 bits per heavy atom. The smallest absolute Gasteiger partial charge is 0.261 e. The average molecular weight is 332 g/mol. The number of carbonyl (C=O) groups is 1. The largest absolute Gasteiger partial charge is 0.380 e. The van der Waals surface area contributed by atoms with Gasteiger partial charge in [-0.15, -0.1) is 0 Å². The SMILES string of the molecule is COCc1ccc(C(=O)N2CCCCC2)cc1S(=O)(=O)Cl. The van der Waals surface area contributed by atoms with Gasteiger partial charge in [0.2, 0.25) is 0 Å². The van der Waals surface area contributed by atoms with Crippen LogP contribution in [0, 0.1) is 0 Å². The van der Waals surface area contributed by atoms with E-state index in [1.54, 1.807) is 17.0 Å². The topological polar surface area (TPSA) is 63.7 Å². The summed E-state index contributed by atoms with van der Waals surface area (Å²) in [6, 6.07) is 4.54. The van der Waals surface area contributed by atoms with Gasteiger partial charge in [0.25, 0.3) is 15.0 Å². The fourth-order valence-corrected chi connectivity index (χ4v) is 3.61. The molecule has 0 saturated carbocycles. The first-order chi connectivity index (χ1) is 9.93. The molecule has 1 aliphatic rings. The van der Waals surface area contributed by atoms with Gasteiger partial charge in [0.15, 0.2) is 0 Å². The molecule has 1 saturated heterocycles. The van der Waals surface area contributed by atoms with Gasteiger partial charge in [0.1, 0.15) is 0 Å². The lowest BCUT2D eigenvalue weighted by molar-refractivity contribution is 0.0724. The van der Waals surface area contributed by atoms with Crippen LogP contribution in [0.25, 0.3) is 0 Å². The average Bonchev–Trinajstić information content (AvgIpc) is 2.47. The zero-order valence-electron chi connectivity index (χ0n) is 11.8. The second-order valence-electron chi connectivity index (χ2n) is 5.05. The highest BCUT2D eigenvalue weighted by atomic mass is 35.7. The van der Waals surface area contributed by atoms with Gasteiger partial charge in [-0.1, -0.05) is 6.07 Å². The molecule has 0 atom stereocenters. The van der Waals surface area contributed by atoms with Crippen molar-refractivity contribution < 1.29 is 17.9 Å². The molecule has 21 heavy (non-hydrogen) atoms. The fraction of sp³-hybridized carbons (Fsp3) is 0.500. The summed E-state index contributed by atoms with van der Waals surface area (Å²) in [5, 5.41) is 0. The molecule has 0 bridgehead atoms. The van der Waals surface area contributed by atoms with Crippen LogP contribution in [-0.2, 0) is 20.4 Å². The predicted octanol–water partition coefficient (Wildman–Crippen LogP) is 2.39. The van der Waals surface area contributed by atoms with Gasteiger partial charge in [-0.25, -0.2) is 8.42 Å². The third kappa shape index (κ3) is 3.96. The summed E-state index contributed by atoms with van der Waals surface area (Å²) in [6.07, 6.45) is 3.08. The van der Waals surface area contributed by atoms with Crippen molar-refractivity contribution in [2.24, 2.45) is 0 Å². The molecule has 1 aromatic rings. The maximum absolute atomic E-state index is 12.4. The van der Waals surface area contributed by atoms with E-state index in [4.69, 9.17) is 15.4 Å². The van der Waals surface area contributed by atoms with Crippen LogP contribution >= 0.6 is 10.7 Å². The molecule has 7 heteroatoms. The Bertz CT molecular complexity index is 624. The van der Waals surface area contributed by atoms with Crippen molar-refractivity contribution in [2.45, 2.75) is 30.8 Å². The molecule has 0 radical (unpaired) electrons. The first kappa shape index (κ1) is 16.3. The Labute approximate surface area is 129 Å². The molecule has 5 nitrogen and oxygen atoms in total. The Hall–Kier alpha value is -1.11. The Morgan fingerprint density at radius 2 is 1.95 bits per heavy atom. The Balaban J connectivity index is 2.34.